The quantitative estimate of drug-likeness (QED) is 0.582. The van der Waals surface area contributed by atoms with E-state index in [4.69, 9.17) is 17.3 Å². The molecule has 2 aromatic carbocycles. The minimum absolute atomic E-state index is 0.0667. The third-order valence-corrected chi connectivity index (χ3v) is 4.85. The number of para-hydroxylation sites is 1. The van der Waals surface area contributed by atoms with Gasteiger partial charge in [0.15, 0.2) is 0 Å². The lowest BCUT2D eigenvalue weighted by atomic mass is 10.1. The molecule has 3 nitrogen and oxygen atoms in total. The zero-order valence-electron chi connectivity index (χ0n) is 11.2. The van der Waals surface area contributed by atoms with Crippen LogP contribution in [0.25, 0.3) is 10.9 Å². The highest BCUT2D eigenvalue weighted by molar-refractivity contribution is 7.99. The van der Waals surface area contributed by atoms with Crippen molar-refractivity contribution in [2.75, 3.05) is 6.54 Å². The van der Waals surface area contributed by atoms with E-state index in [1.54, 1.807) is 18.1 Å². The summed E-state index contributed by atoms with van der Waals surface area (Å²) >= 11 is 7.91. The molecule has 0 bridgehead atoms. The Bertz CT molecular complexity index is 758. The van der Waals surface area contributed by atoms with Gasteiger partial charge in [0.1, 0.15) is 11.4 Å². The van der Waals surface area contributed by atoms with Crippen LogP contribution in [0, 0.1) is 0 Å². The molecule has 21 heavy (non-hydrogen) atoms. The van der Waals surface area contributed by atoms with Crippen molar-refractivity contribution in [3.63, 3.8) is 0 Å². The van der Waals surface area contributed by atoms with Crippen LogP contribution in [0.3, 0.4) is 0 Å². The number of aromatic nitrogens is 2. The highest BCUT2D eigenvalue weighted by atomic mass is 35.5. The summed E-state index contributed by atoms with van der Waals surface area (Å²) in [5.41, 5.74) is 7.91. The second-order valence-electron chi connectivity index (χ2n) is 4.56. The minimum atomic E-state index is 0.0667. The van der Waals surface area contributed by atoms with E-state index in [0.29, 0.717) is 6.54 Å². The van der Waals surface area contributed by atoms with Crippen LogP contribution < -0.4 is 5.73 Å². The Labute approximate surface area is 132 Å². The molecule has 0 aliphatic rings. The molecule has 1 heterocycles. The van der Waals surface area contributed by atoms with E-state index in [2.05, 4.69) is 9.97 Å². The second-order valence-corrected chi connectivity index (χ2v) is 6.16. The molecule has 1 unspecified atom stereocenters. The van der Waals surface area contributed by atoms with Gasteiger partial charge < -0.3 is 5.73 Å². The standard InChI is InChI=1S/C16H14ClN3S/c17-13-7-3-1-5-11(13)15(9-18)21-16-12-6-2-4-8-14(12)19-10-20-16/h1-8,10,15H,9,18H2. The first-order valence-electron chi connectivity index (χ1n) is 6.60. The maximum absolute atomic E-state index is 6.28. The van der Waals surface area contributed by atoms with E-state index in [0.717, 1.165) is 26.5 Å². The smallest absolute Gasteiger partial charge is 0.117 e. The first kappa shape index (κ1) is 14.3. The number of benzene rings is 2. The van der Waals surface area contributed by atoms with Crippen molar-refractivity contribution in [2.45, 2.75) is 10.3 Å². The molecule has 1 aromatic heterocycles. The topological polar surface area (TPSA) is 51.8 Å². The largest absolute Gasteiger partial charge is 0.329 e. The number of thioether (sulfide) groups is 1. The van der Waals surface area contributed by atoms with Crippen molar-refractivity contribution in [1.82, 2.24) is 9.97 Å². The zero-order chi connectivity index (χ0) is 14.7. The monoisotopic (exact) mass is 315 g/mol. The van der Waals surface area contributed by atoms with Gasteiger partial charge in [0.25, 0.3) is 0 Å². The summed E-state index contributed by atoms with van der Waals surface area (Å²) in [6.07, 6.45) is 1.59. The zero-order valence-corrected chi connectivity index (χ0v) is 12.8. The molecule has 0 saturated carbocycles. The third kappa shape index (κ3) is 3.02. The molecule has 0 fully saturated rings. The maximum atomic E-state index is 6.28. The Hall–Kier alpha value is -1.62. The first-order valence-corrected chi connectivity index (χ1v) is 7.86. The number of halogens is 1. The third-order valence-electron chi connectivity index (χ3n) is 3.23. The van der Waals surface area contributed by atoms with Crippen molar-refractivity contribution in [3.05, 3.63) is 65.4 Å². The molecule has 3 aromatic rings. The highest BCUT2D eigenvalue weighted by Gasteiger charge is 2.16. The van der Waals surface area contributed by atoms with Crippen LogP contribution in [0.1, 0.15) is 10.8 Å². The molecule has 0 radical (unpaired) electrons. The summed E-state index contributed by atoms with van der Waals surface area (Å²) in [5, 5.41) is 2.77. The van der Waals surface area contributed by atoms with Gasteiger partial charge in [0.2, 0.25) is 0 Å². The molecule has 0 saturated heterocycles. The average Bonchev–Trinajstić information content (AvgIpc) is 2.53. The summed E-state index contributed by atoms with van der Waals surface area (Å²) in [4.78, 5) is 8.69. The Balaban J connectivity index is 1.98. The predicted molar refractivity (Wildman–Crippen MR) is 88.6 cm³/mol. The molecular weight excluding hydrogens is 302 g/mol. The SMILES string of the molecule is NCC(Sc1ncnc2ccccc12)c1ccccc1Cl. The van der Waals surface area contributed by atoms with E-state index in [-0.39, 0.29) is 5.25 Å². The molecular formula is C16H14ClN3S. The van der Waals surface area contributed by atoms with Crippen LogP contribution in [0.4, 0.5) is 0 Å². The fraction of sp³-hybridized carbons (Fsp3) is 0.125. The average molecular weight is 316 g/mol. The lowest BCUT2D eigenvalue weighted by Gasteiger charge is -2.16. The van der Waals surface area contributed by atoms with Crippen LogP contribution in [-0.2, 0) is 0 Å². The van der Waals surface area contributed by atoms with Gasteiger partial charge in [-0.1, -0.05) is 59.8 Å². The number of nitrogens with zero attached hydrogens (tertiary/aromatic N) is 2. The van der Waals surface area contributed by atoms with Crippen LogP contribution in [-0.4, -0.2) is 16.5 Å². The fourth-order valence-corrected chi connectivity index (χ4v) is 3.62. The molecule has 106 valence electrons. The van der Waals surface area contributed by atoms with Gasteiger partial charge in [-0.15, -0.1) is 0 Å². The molecule has 0 aliphatic carbocycles. The molecule has 0 spiro atoms. The second kappa shape index (κ2) is 6.43. The van der Waals surface area contributed by atoms with Crippen LogP contribution in [0.5, 0.6) is 0 Å². The molecule has 0 amide bonds. The van der Waals surface area contributed by atoms with Gasteiger partial charge in [0, 0.05) is 22.2 Å². The van der Waals surface area contributed by atoms with Crippen LogP contribution in [0.15, 0.2) is 59.9 Å². The van der Waals surface area contributed by atoms with Crippen LogP contribution >= 0.6 is 23.4 Å². The highest BCUT2D eigenvalue weighted by Crippen LogP contribution is 2.38. The Morgan fingerprint density at radius 1 is 1.05 bits per heavy atom. The summed E-state index contributed by atoms with van der Waals surface area (Å²) in [6, 6.07) is 15.8. The van der Waals surface area contributed by atoms with Crippen molar-refractivity contribution < 1.29 is 0 Å². The van der Waals surface area contributed by atoms with Gasteiger partial charge in [-0.3, -0.25) is 0 Å². The molecule has 3 rings (SSSR count). The lowest BCUT2D eigenvalue weighted by Crippen LogP contribution is -2.10. The van der Waals surface area contributed by atoms with Crippen molar-refractivity contribution in [1.29, 1.82) is 0 Å². The van der Waals surface area contributed by atoms with Gasteiger partial charge in [-0.25, -0.2) is 9.97 Å². The number of nitrogens with two attached hydrogens (primary N) is 1. The summed E-state index contributed by atoms with van der Waals surface area (Å²) in [5.74, 6) is 0. The summed E-state index contributed by atoms with van der Waals surface area (Å²) in [6.45, 7) is 0.493. The van der Waals surface area contributed by atoms with Gasteiger partial charge in [-0.05, 0) is 17.7 Å². The van der Waals surface area contributed by atoms with E-state index < -0.39 is 0 Å². The van der Waals surface area contributed by atoms with Gasteiger partial charge >= 0.3 is 0 Å². The van der Waals surface area contributed by atoms with E-state index in [1.807, 2.05) is 48.5 Å². The Morgan fingerprint density at radius 3 is 2.62 bits per heavy atom. The maximum Gasteiger partial charge on any atom is 0.117 e. The van der Waals surface area contributed by atoms with Crippen LogP contribution in [0.2, 0.25) is 5.02 Å². The first-order chi connectivity index (χ1) is 10.3. The number of fused-ring (bicyclic) bond motifs is 1. The van der Waals surface area contributed by atoms with E-state index in [9.17, 15) is 0 Å². The number of hydrogen-bond acceptors (Lipinski definition) is 4. The minimum Gasteiger partial charge on any atom is -0.329 e. The molecule has 5 heteroatoms. The number of hydrogen-bond donors (Lipinski definition) is 1. The Morgan fingerprint density at radius 2 is 1.81 bits per heavy atom. The van der Waals surface area contributed by atoms with Crippen molar-refractivity contribution in [2.24, 2.45) is 5.73 Å². The molecule has 2 N–H and O–H groups in total. The molecule has 1 atom stereocenters. The lowest BCUT2D eigenvalue weighted by molar-refractivity contribution is 0.935. The summed E-state index contributed by atoms with van der Waals surface area (Å²) in [7, 11) is 0. The van der Waals surface area contributed by atoms with E-state index >= 15 is 0 Å². The Kier molecular flexibility index (Phi) is 4.39. The number of rotatable bonds is 4. The van der Waals surface area contributed by atoms with Crippen molar-refractivity contribution >= 4 is 34.3 Å². The fourth-order valence-electron chi connectivity index (χ4n) is 2.18. The van der Waals surface area contributed by atoms with Gasteiger partial charge in [0.05, 0.1) is 5.52 Å². The van der Waals surface area contributed by atoms with Crippen molar-refractivity contribution in [3.8, 4) is 0 Å². The molecule has 0 aliphatic heterocycles. The normalized spacial score (nSPS) is 12.5. The predicted octanol–water partition coefficient (Wildman–Crippen LogP) is 4.08. The van der Waals surface area contributed by atoms with Gasteiger partial charge in [-0.2, -0.15) is 0 Å². The van der Waals surface area contributed by atoms with E-state index in [1.165, 1.54) is 0 Å². The summed E-state index contributed by atoms with van der Waals surface area (Å²) < 4.78 is 0.